The van der Waals surface area contributed by atoms with Gasteiger partial charge in [0, 0.05) is 10.7 Å². The van der Waals surface area contributed by atoms with Crippen LogP contribution in [0.15, 0.2) is 51.9 Å². The molecule has 0 fully saturated rings. The van der Waals surface area contributed by atoms with Gasteiger partial charge in [0.05, 0.1) is 17.3 Å². The Labute approximate surface area is 141 Å². The van der Waals surface area contributed by atoms with Gasteiger partial charge in [-0.15, -0.1) is 0 Å². The summed E-state index contributed by atoms with van der Waals surface area (Å²) in [5, 5.41) is 0.592. The highest BCUT2D eigenvalue weighted by Gasteiger charge is 2.04. The molecule has 0 saturated carbocycles. The summed E-state index contributed by atoms with van der Waals surface area (Å²) in [5.41, 5.74) is 1.52. The molecule has 0 bridgehead atoms. The van der Waals surface area contributed by atoms with Crippen LogP contribution in [0.2, 0.25) is 5.02 Å². The van der Waals surface area contributed by atoms with Gasteiger partial charge in [-0.3, -0.25) is 4.99 Å². The molecule has 0 spiro atoms. The van der Waals surface area contributed by atoms with E-state index in [0.29, 0.717) is 10.8 Å². The Morgan fingerprint density at radius 2 is 2.14 bits per heavy atom. The number of carbonyl (C=O) groups is 1. The van der Waals surface area contributed by atoms with Gasteiger partial charge in [0.15, 0.2) is 0 Å². The van der Waals surface area contributed by atoms with E-state index in [1.807, 2.05) is 18.2 Å². The molecular formula is C16H13BrClNO3. The summed E-state index contributed by atoms with van der Waals surface area (Å²) < 4.78 is 10.6. The number of benzene rings is 2. The minimum Gasteiger partial charge on any atom is -0.434 e. The van der Waals surface area contributed by atoms with Crippen LogP contribution >= 0.6 is 27.5 Å². The lowest BCUT2D eigenvalue weighted by Gasteiger charge is -2.04. The summed E-state index contributed by atoms with van der Waals surface area (Å²) in [6.45, 7) is 1.98. The molecule has 0 aliphatic carbocycles. The molecule has 0 unspecified atom stereocenters. The third-order valence-corrected chi connectivity index (χ3v) is 3.82. The van der Waals surface area contributed by atoms with Crippen molar-refractivity contribution < 1.29 is 14.3 Å². The number of hydrogen-bond donors (Lipinski definition) is 0. The minimum atomic E-state index is -0.726. The van der Waals surface area contributed by atoms with Crippen molar-refractivity contribution in [1.29, 1.82) is 0 Å². The second kappa shape index (κ2) is 7.96. The van der Waals surface area contributed by atoms with Crippen LogP contribution in [0.3, 0.4) is 0 Å². The number of carbonyl (C=O) groups excluding carboxylic acids is 1. The third kappa shape index (κ3) is 4.86. The predicted octanol–water partition coefficient (Wildman–Crippen LogP) is 5.39. The molecule has 0 amide bonds. The van der Waals surface area contributed by atoms with E-state index >= 15 is 0 Å². The molecule has 2 rings (SSSR count). The van der Waals surface area contributed by atoms with Gasteiger partial charge in [-0.2, -0.15) is 0 Å². The van der Waals surface area contributed by atoms with E-state index in [2.05, 4.69) is 20.9 Å². The smallest absolute Gasteiger partial charge is 0.434 e. The standard InChI is InChI=1S/C16H13BrClNO3/c1-2-21-16(20)22-13-5-3-4-11(8-13)10-19-12-6-7-14(17)15(18)9-12/h3-10H,2H2,1H3. The Hall–Kier alpha value is -1.85. The average molecular weight is 383 g/mol. The Morgan fingerprint density at radius 1 is 1.32 bits per heavy atom. The van der Waals surface area contributed by atoms with E-state index in [9.17, 15) is 4.79 Å². The zero-order valence-electron chi connectivity index (χ0n) is 11.8. The Balaban J connectivity index is 2.10. The molecule has 2 aromatic rings. The number of halogens is 2. The molecule has 2 aromatic carbocycles. The molecule has 0 atom stereocenters. The average Bonchev–Trinajstić information content (AvgIpc) is 2.49. The summed E-state index contributed by atoms with van der Waals surface area (Å²) in [4.78, 5) is 15.6. The highest BCUT2D eigenvalue weighted by molar-refractivity contribution is 9.10. The summed E-state index contributed by atoms with van der Waals surface area (Å²) in [6.07, 6.45) is 0.939. The van der Waals surface area contributed by atoms with Crippen LogP contribution in [0.1, 0.15) is 12.5 Å². The van der Waals surface area contributed by atoms with Gasteiger partial charge >= 0.3 is 6.16 Å². The Morgan fingerprint density at radius 3 is 2.86 bits per heavy atom. The summed E-state index contributed by atoms with van der Waals surface area (Å²) in [5.74, 6) is 0.399. The third-order valence-electron chi connectivity index (χ3n) is 2.59. The van der Waals surface area contributed by atoms with Crippen molar-refractivity contribution in [3.63, 3.8) is 0 Å². The zero-order chi connectivity index (χ0) is 15.9. The van der Waals surface area contributed by atoms with Gasteiger partial charge < -0.3 is 9.47 Å². The van der Waals surface area contributed by atoms with E-state index in [0.717, 1.165) is 15.7 Å². The lowest BCUT2D eigenvalue weighted by molar-refractivity contribution is 0.104. The largest absolute Gasteiger partial charge is 0.513 e. The van der Waals surface area contributed by atoms with Gasteiger partial charge in [0.2, 0.25) is 0 Å². The van der Waals surface area contributed by atoms with E-state index in [1.165, 1.54) is 0 Å². The Bertz CT molecular complexity index is 704. The van der Waals surface area contributed by atoms with Gasteiger partial charge in [-0.05, 0) is 58.7 Å². The molecule has 4 nitrogen and oxygen atoms in total. The lowest BCUT2D eigenvalue weighted by atomic mass is 10.2. The van der Waals surface area contributed by atoms with Crippen molar-refractivity contribution in [2.24, 2.45) is 4.99 Å². The van der Waals surface area contributed by atoms with Crippen LogP contribution in [-0.4, -0.2) is 19.0 Å². The highest BCUT2D eigenvalue weighted by atomic mass is 79.9. The molecule has 114 valence electrons. The summed E-state index contributed by atoms with van der Waals surface area (Å²) in [7, 11) is 0. The highest BCUT2D eigenvalue weighted by Crippen LogP contribution is 2.27. The quantitative estimate of drug-likeness (QED) is 0.405. The first-order chi connectivity index (χ1) is 10.6. The maximum absolute atomic E-state index is 11.3. The maximum atomic E-state index is 11.3. The molecule has 0 aliphatic heterocycles. The lowest BCUT2D eigenvalue weighted by Crippen LogP contribution is -2.10. The van der Waals surface area contributed by atoms with E-state index in [1.54, 1.807) is 37.4 Å². The van der Waals surface area contributed by atoms with E-state index in [4.69, 9.17) is 21.1 Å². The fraction of sp³-hybridized carbons (Fsp3) is 0.125. The van der Waals surface area contributed by atoms with Gasteiger partial charge in [-0.25, -0.2) is 4.79 Å². The minimum absolute atomic E-state index is 0.268. The zero-order valence-corrected chi connectivity index (χ0v) is 14.1. The molecule has 0 aromatic heterocycles. The number of hydrogen-bond acceptors (Lipinski definition) is 4. The van der Waals surface area contributed by atoms with Crippen LogP contribution in [0, 0.1) is 0 Å². The Kier molecular flexibility index (Phi) is 5.98. The molecule has 0 N–H and O–H groups in total. The van der Waals surface area contributed by atoms with Crippen LogP contribution < -0.4 is 4.74 Å². The molecule has 0 radical (unpaired) electrons. The second-order valence-electron chi connectivity index (χ2n) is 4.21. The van der Waals surface area contributed by atoms with Crippen molar-refractivity contribution >= 4 is 45.6 Å². The maximum Gasteiger partial charge on any atom is 0.513 e. The van der Waals surface area contributed by atoms with Crippen LogP contribution in [0.4, 0.5) is 10.5 Å². The molecule has 0 saturated heterocycles. The molecule has 0 aliphatic rings. The fourth-order valence-corrected chi connectivity index (χ4v) is 2.04. The van der Waals surface area contributed by atoms with Crippen molar-refractivity contribution in [2.45, 2.75) is 6.92 Å². The van der Waals surface area contributed by atoms with Crippen LogP contribution in [0.25, 0.3) is 0 Å². The SMILES string of the molecule is CCOC(=O)Oc1cccc(C=Nc2ccc(Br)c(Cl)c2)c1. The first-order valence-corrected chi connectivity index (χ1v) is 7.69. The number of ether oxygens (including phenoxy) is 2. The topological polar surface area (TPSA) is 47.9 Å². The number of rotatable bonds is 4. The van der Waals surface area contributed by atoms with Crippen molar-refractivity contribution in [3.05, 3.63) is 57.5 Å². The molecular weight excluding hydrogens is 370 g/mol. The number of aliphatic imine (C=N–C) groups is 1. The van der Waals surface area contributed by atoms with Gasteiger partial charge in [0.25, 0.3) is 0 Å². The van der Waals surface area contributed by atoms with Crippen molar-refractivity contribution in [1.82, 2.24) is 0 Å². The monoisotopic (exact) mass is 381 g/mol. The molecule has 6 heteroatoms. The van der Waals surface area contributed by atoms with Gasteiger partial charge in [-0.1, -0.05) is 23.7 Å². The first-order valence-electron chi connectivity index (χ1n) is 6.52. The van der Waals surface area contributed by atoms with E-state index < -0.39 is 6.16 Å². The van der Waals surface area contributed by atoms with Crippen LogP contribution in [0.5, 0.6) is 5.75 Å². The summed E-state index contributed by atoms with van der Waals surface area (Å²) >= 11 is 9.34. The normalized spacial score (nSPS) is 10.7. The molecule has 0 heterocycles. The van der Waals surface area contributed by atoms with Crippen LogP contribution in [-0.2, 0) is 4.74 Å². The summed E-state index contributed by atoms with van der Waals surface area (Å²) in [6, 6.07) is 12.4. The number of nitrogens with zero attached hydrogens (tertiary/aromatic N) is 1. The fourth-order valence-electron chi connectivity index (χ4n) is 1.62. The van der Waals surface area contributed by atoms with Crippen molar-refractivity contribution in [2.75, 3.05) is 6.61 Å². The van der Waals surface area contributed by atoms with E-state index in [-0.39, 0.29) is 6.61 Å². The first kappa shape index (κ1) is 16.5. The van der Waals surface area contributed by atoms with Gasteiger partial charge in [0.1, 0.15) is 5.75 Å². The van der Waals surface area contributed by atoms with Crippen molar-refractivity contribution in [3.8, 4) is 5.75 Å². The second-order valence-corrected chi connectivity index (χ2v) is 5.48. The molecule has 22 heavy (non-hydrogen) atoms. The predicted molar refractivity (Wildman–Crippen MR) is 90.5 cm³/mol.